The fourth-order valence-electron chi connectivity index (χ4n) is 2.37. The smallest absolute Gasteiger partial charge is 0.313 e. The average Bonchev–Trinajstić information content (AvgIpc) is 2.45. The van der Waals surface area contributed by atoms with Gasteiger partial charge < -0.3 is 14.4 Å². The largest absolute Gasteiger partial charge is 0.481 e. The summed E-state index contributed by atoms with van der Waals surface area (Å²) in [4.78, 5) is 26.0. The molecular weight excluding hydrogens is 280 g/mol. The molecule has 0 aliphatic carbocycles. The van der Waals surface area contributed by atoms with E-state index in [1.807, 2.05) is 4.57 Å². The molecule has 6 nitrogen and oxygen atoms in total. The zero-order valence-corrected chi connectivity index (χ0v) is 12.1. The second-order valence-electron chi connectivity index (χ2n) is 4.83. The molecule has 0 aromatic carbocycles. The van der Waals surface area contributed by atoms with Crippen LogP contribution >= 0.6 is 11.8 Å². The van der Waals surface area contributed by atoms with E-state index in [-0.39, 0.29) is 17.4 Å². The third-order valence-electron chi connectivity index (χ3n) is 3.52. The van der Waals surface area contributed by atoms with Crippen LogP contribution in [-0.2, 0) is 9.53 Å². The van der Waals surface area contributed by atoms with E-state index in [0.717, 1.165) is 37.8 Å². The van der Waals surface area contributed by atoms with Crippen molar-refractivity contribution in [3.63, 3.8) is 0 Å². The van der Waals surface area contributed by atoms with Gasteiger partial charge in [0.1, 0.15) is 0 Å². The van der Waals surface area contributed by atoms with Crippen LogP contribution in [0.25, 0.3) is 0 Å². The van der Waals surface area contributed by atoms with Crippen LogP contribution in [0.4, 0.5) is 0 Å². The maximum atomic E-state index is 11.4. The molecule has 7 heteroatoms. The number of rotatable bonds is 5. The Labute approximate surface area is 121 Å². The minimum Gasteiger partial charge on any atom is -0.481 e. The lowest BCUT2D eigenvalue weighted by Crippen LogP contribution is -2.26. The van der Waals surface area contributed by atoms with E-state index < -0.39 is 5.97 Å². The number of aliphatic carboxylic acids is 1. The van der Waals surface area contributed by atoms with Crippen molar-refractivity contribution >= 4 is 17.7 Å². The summed E-state index contributed by atoms with van der Waals surface area (Å²) in [5, 5.41) is 9.24. The Morgan fingerprint density at radius 3 is 2.95 bits per heavy atom. The molecule has 1 fully saturated rings. The Bertz CT molecular complexity index is 525. The summed E-state index contributed by atoms with van der Waals surface area (Å²) < 4.78 is 7.26. The molecule has 110 valence electrons. The van der Waals surface area contributed by atoms with Gasteiger partial charge in [-0.25, -0.2) is 0 Å². The standard InChI is InChI=1S/C13H18N2O4S/c1-9(10-3-6-19-7-4-10)15-5-2-11(16)14-13(15)20-8-12(17)18/h2,5,9-10H,3-4,6-8H2,1H3,(H,17,18). The van der Waals surface area contributed by atoms with Gasteiger partial charge in [0.15, 0.2) is 5.16 Å². The predicted octanol–water partition coefficient (Wildman–Crippen LogP) is 1.41. The van der Waals surface area contributed by atoms with Crippen LogP contribution in [0.15, 0.2) is 22.2 Å². The van der Waals surface area contributed by atoms with Crippen molar-refractivity contribution < 1.29 is 14.6 Å². The molecule has 0 bridgehead atoms. The summed E-state index contributed by atoms with van der Waals surface area (Å²) in [5.74, 6) is -0.563. The van der Waals surface area contributed by atoms with Gasteiger partial charge in [-0.3, -0.25) is 9.59 Å². The zero-order valence-electron chi connectivity index (χ0n) is 11.3. The van der Waals surface area contributed by atoms with Crippen molar-refractivity contribution in [2.45, 2.75) is 31.0 Å². The van der Waals surface area contributed by atoms with Gasteiger partial charge in [-0.15, -0.1) is 0 Å². The third-order valence-corrected chi connectivity index (χ3v) is 4.47. The summed E-state index contributed by atoms with van der Waals surface area (Å²) in [7, 11) is 0. The highest BCUT2D eigenvalue weighted by Crippen LogP contribution is 2.29. The first-order chi connectivity index (χ1) is 9.58. The average molecular weight is 298 g/mol. The van der Waals surface area contributed by atoms with E-state index in [0.29, 0.717) is 11.1 Å². The Kier molecular flexibility index (Phi) is 5.19. The van der Waals surface area contributed by atoms with Gasteiger partial charge in [0, 0.05) is 31.5 Å². The lowest BCUT2D eigenvalue weighted by molar-refractivity contribution is -0.133. The molecule has 1 saturated heterocycles. The fraction of sp³-hybridized carbons (Fsp3) is 0.615. The number of aromatic nitrogens is 2. The number of carboxylic acid groups (broad SMARTS) is 1. The SMILES string of the molecule is CC(C1CCOCC1)n1ccc(=O)nc1SCC(=O)O. The van der Waals surface area contributed by atoms with Crippen molar-refractivity contribution in [3.8, 4) is 0 Å². The molecule has 1 aliphatic rings. The highest BCUT2D eigenvalue weighted by Gasteiger charge is 2.23. The molecule has 1 atom stereocenters. The van der Waals surface area contributed by atoms with E-state index in [4.69, 9.17) is 9.84 Å². The fourth-order valence-corrected chi connectivity index (χ4v) is 3.15. The molecule has 1 aromatic heterocycles. The summed E-state index contributed by atoms with van der Waals surface area (Å²) >= 11 is 1.08. The van der Waals surface area contributed by atoms with Crippen molar-refractivity contribution in [2.75, 3.05) is 19.0 Å². The molecule has 20 heavy (non-hydrogen) atoms. The Balaban J connectivity index is 2.20. The Hall–Kier alpha value is -1.34. The van der Waals surface area contributed by atoms with Crippen LogP contribution < -0.4 is 5.56 Å². The lowest BCUT2D eigenvalue weighted by Gasteiger charge is -2.30. The third kappa shape index (κ3) is 3.83. The van der Waals surface area contributed by atoms with E-state index in [1.54, 1.807) is 6.20 Å². The molecule has 2 rings (SSSR count). The summed E-state index contributed by atoms with van der Waals surface area (Å²) in [6.07, 6.45) is 3.65. The second-order valence-corrected chi connectivity index (χ2v) is 5.77. The van der Waals surface area contributed by atoms with Crippen LogP contribution in [0.3, 0.4) is 0 Å². The van der Waals surface area contributed by atoms with Crippen molar-refractivity contribution in [3.05, 3.63) is 22.6 Å². The van der Waals surface area contributed by atoms with Crippen LogP contribution in [0, 0.1) is 5.92 Å². The highest BCUT2D eigenvalue weighted by atomic mass is 32.2. The number of hydrogen-bond acceptors (Lipinski definition) is 5. The summed E-state index contributed by atoms with van der Waals surface area (Å²) in [6.45, 7) is 3.58. The minimum absolute atomic E-state index is 0.100. The van der Waals surface area contributed by atoms with Crippen LogP contribution in [0.2, 0.25) is 0 Å². The van der Waals surface area contributed by atoms with Gasteiger partial charge in [0.25, 0.3) is 5.56 Å². The van der Waals surface area contributed by atoms with Crippen molar-refractivity contribution in [1.82, 2.24) is 9.55 Å². The molecule has 0 radical (unpaired) electrons. The number of hydrogen-bond donors (Lipinski definition) is 1. The van der Waals surface area contributed by atoms with Gasteiger partial charge >= 0.3 is 5.97 Å². The van der Waals surface area contributed by atoms with E-state index in [2.05, 4.69) is 11.9 Å². The van der Waals surface area contributed by atoms with Crippen LogP contribution in [0.5, 0.6) is 0 Å². The van der Waals surface area contributed by atoms with E-state index in [1.165, 1.54) is 6.07 Å². The summed E-state index contributed by atoms with van der Waals surface area (Å²) in [6, 6.07) is 1.59. The maximum absolute atomic E-state index is 11.4. The number of nitrogens with zero attached hydrogens (tertiary/aromatic N) is 2. The normalized spacial score (nSPS) is 17.9. The molecule has 0 amide bonds. The monoisotopic (exact) mass is 298 g/mol. The van der Waals surface area contributed by atoms with Gasteiger partial charge in [0.05, 0.1) is 5.75 Å². The Morgan fingerprint density at radius 2 is 2.30 bits per heavy atom. The number of thioether (sulfide) groups is 1. The van der Waals surface area contributed by atoms with Gasteiger partial charge in [-0.1, -0.05) is 11.8 Å². The molecule has 1 unspecified atom stereocenters. The second kappa shape index (κ2) is 6.90. The maximum Gasteiger partial charge on any atom is 0.313 e. The van der Waals surface area contributed by atoms with Crippen LogP contribution in [0.1, 0.15) is 25.8 Å². The first-order valence-electron chi connectivity index (χ1n) is 6.59. The molecule has 1 N–H and O–H groups in total. The molecule has 0 saturated carbocycles. The predicted molar refractivity (Wildman–Crippen MR) is 75.1 cm³/mol. The van der Waals surface area contributed by atoms with Gasteiger partial charge in [-0.2, -0.15) is 4.98 Å². The lowest BCUT2D eigenvalue weighted by atomic mass is 9.93. The Morgan fingerprint density at radius 1 is 1.60 bits per heavy atom. The first-order valence-corrected chi connectivity index (χ1v) is 7.58. The number of carbonyl (C=O) groups is 1. The summed E-state index contributed by atoms with van der Waals surface area (Å²) in [5.41, 5.74) is -0.340. The number of ether oxygens (including phenoxy) is 1. The van der Waals surface area contributed by atoms with Crippen molar-refractivity contribution in [1.29, 1.82) is 0 Å². The van der Waals surface area contributed by atoms with Crippen LogP contribution in [-0.4, -0.2) is 39.6 Å². The molecule has 0 spiro atoms. The van der Waals surface area contributed by atoms with E-state index >= 15 is 0 Å². The van der Waals surface area contributed by atoms with Gasteiger partial charge in [0.2, 0.25) is 0 Å². The van der Waals surface area contributed by atoms with Crippen molar-refractivity contribution in [2.24, 2.45) is 5.92 Å². The van der Waals surface area contributed by atoms with Gasteiger partial charge in [-0.05, 0) is 25.7 Å². The molecule has 2 heterocycles. The first kappa shape index (κ1) is 15.1. The number of carboxylic acids is 1. The quantitative estimate of drug-likeness (QED) is 0.654. The zero-order chi connectivity index (χ0) is 14.5. The minimum atomic E-state index is -0.918. The molecule has 1 aromatic rings. The van der Waals surface area contributed by atoms with E-state index in [9.17, 15) is 9.59 Å². The molecular formula is C13H18N2O4S. The highest BCUT2D eigenvalue weighted by molar-refractivity contribution is 7.99. The molecule has 1 aliphatic heterocycles. The topological polar surface area (TPSA) is 81.4 Å².